The SMILES string of the molecule is CC(=O)c1ccc(S(=O)(=O)Cc2ccc(C(=O)O)cc2)cc1. The smallest absolute Gasteiger partial charge is 0.335 e. The number of rotatable bonds is 5. The first kappa shape index (κ1) is 15.9. The van der Waals surface area contributed by atoms with Crippen LogP contribution in [-0.4, -0.2) is 25.3 Å². The molecule has 0 amide bonds. The van der Waals surface area contributed by atoms with E-state index in [9.17, 15) is 18.0 Å². The van der Waals surface area contributed by atoms with Gasteiger partial charge in [-0.05, 0) is 36.8 Å². The summed E-state index contributed by atoms with van der Waals surface area (Å²) in [7, 11) is -3.55. The second-order valence-electron chi connectivity index (χ2n) is 4.84. The number of Topliss-reactive ketones (excluding diaryl/α,β-unsaturated/α-hetero) is 1. The Morgan fingerprint density at radius 1 is 0.909 bits per heavy atom. The molecule has 1 N–H and O–H groups in total. The van der Waals surface area contributed by atoms with Crippen LogP contribution in [0.15, 0.2) is 53.4 Å². The Morgan fingerprint density at radius 3 is 1.86 bits per heavy atom. The molecule has 0 saturated heterocycles. The van der Waals surface area contributed by atoms with Gasteiger partial charge in [-0.2, -0.15) is 0 Å². The van der Waals surface area contributed by atoms with Gasteiger partial charge in [0, 0.05) is 5.56 Å². The van der Waals surface area contributed by atoms with Crippen molar-refractivity contribution in [1.82, 2.24) is 0 Å². The van der Waals surface area contributed by atoms with Gasteiger partial charge < -0.3 is 5.11 Å². The fourth-order valence-electron chi connectivity index (χ4n) is 1.94. The van der Waals surface area contributed by atoms with Crippen LogP contribution in [0, 0.1) is 0 Å². The second kappa shape index (κ2) is 6.11. The van der Waals surface area contributed by atoms with Crippen molar-refractivity contribution < 1.29 is 23.1 Å². The molecular formula is C16H14O5S. The van der Waals surface area contributed by atoms with Gasteiger partial charge in [0.1, 0.15) is 0 Å². The van der Waals surface area contributed by atoms with Crippen LogP contribution in [0.25, 0.3) is 0 Å². The largest absolute Gasteiger partial charge is 0.478 e. The number of carbonyl (C=O) groups is 2. The lowest BCUT2D eigenvalue weighted by atomic mass is 10.1. The minimum Gasteiger partial charge on any atom is -0.478 e. The summed E-state index contributed by atoms with van der Waals surface area (Å²) >= 11 is 0. The van der Waals surface area contributed by atoms with Crippen molar-refractivity contribution >= 4 is 21.6 Å². The number of carboxylic acids is 1. The van der Waals surface area contributed by atoms with Gasteiger partial charge in [-0.15, -0.1) is 0 Å². The molecule has 0 aliphatic rings. The number of carboxylic acid groups (broad SMARTS) is 1. The summed E-state index contributed by atoms with van der Waals surface area (Å²) in [6, 6.07) is 11.4. The molecule has 2 aromatic carbocycles. The second-order valence-corrected chi connectivity index (χ2v) is 6.83. The molecule has 0 aliphatic carbocycles. The molecule has 22 heavy (non-hydrogen) atoms. The van der Waals surface area contributed by atoms with Crippen molar-refractivity contribution in [3.05, 3.63) is 65.2 Å². The molecular weight excluding hydrogens is 304 g/mol. The maximum absolute atomic E-state index is 12.3. The van der Waals surface area contributed by atoms with Gasteiger partial charge in [0.25, 0.3) is 0 Å². The van der Waals surface area contributed by atoms with E-state index in [4.69, 9.17) is 5.11 Å². The first-order valence-electron chi connectivity index (χ1n) is 6.45. The predicted molar refractivity (Wildman–Crippen MR) is 80.7 cm³/mol. The van der Waals surface area contributed by atoms with Crippen molar-refractivity contribution in [3.63, 3.8) is 0 Å². The number of benzene rings is 2. The van der Waals surface area contributed by atoms with Gasteiger partial charge in [0.05, 0.1) is 16.2 Å². The van der Waals surface area contributed by atoms with Crippen LogP contribution < -0.4 is 0 Å². The normalized spacial score (nSPS) is 11.1. The molecule has 0 spiro atoms. The molecule has 0 heterocycles. The zero-order chi connectivity index (χ0) is 16.3. The van der Waals surface area contributed by atoms with Crippen LogP contribution in [0.5, 0.6) is 0 Å². The van der Waals surface area contributed by atoms with E-state index in [1.165, 1.54) is 55.5 Å². The van der Waals surface area contributed by atoms with Gasteiger partial charge in [0.2, 0.25) is 0 Å². The zero-order valence-electron chi connectivity index (χ0n) is 11.8. The molecule has 114 valence electrons. The number of aromatic carboxylic acids is 1. The number of hydrogen-bond donors (Lipinski definition) is 1. The number of carbonyl (C=O) groups excluding carboxylic acids is 1. The summed E-state index contributed by atoms with van der Waals surface area (Å²) in [4.78, 5) is 22.1. The molecule has 0 bridgehead atoms. The fraction of sp³-hybridized carbons (Fsp3) is 0.125. The Hall–Kier alpha value is -2.47. The van der Waals surface area contributed by atoms with Crippen LogP contribution in [0.3, 0.4) is 0 Å². The summed E-state index contributed by atoms with van der Waals surface area (Å²) in [5, 5.41) is 8.81. The molecule has 0 saturated carbocycles. The summed E-state index contributed by atoms with van der Waals surface area (Å²) in [5.74, 6) is -1.42. The Morgan fingerprint density at radius 2 is 1.41 bits per heavy atom. The van der Waals surface area contributed by atoms with Crippen LogP contribution in [0.4, 0.5) is 0 Å². The van der Waals surface area contributed by atoms with E-state index in [1.54, 1.807) is 0 Å². The van der Waals surface area contributed by atoms with E-state index in [1.807, 2.05) is 0 Å². The maximum atomic E-state index is 12.3. The first-order chi connectivity index (χ1) is 10.3. The van der Waals surface area contributed by atoms with Crippen LogP contribution in [-0.2, 0) is 15.6 Å². The standard InChI is InChI=1S/C16H14O5S/c1-11(17)13-6-8-15(9-7-13)22(20,21)10-12-2-4-14(5-3-12)16(18)19/h2-9H,10H2,1H3,(H,18,19). The Balaban J connectivity index is 2.23. The van der Waals surface area contributed by atoms with Gasteiger partial charge in [-0.1, -0.05) is 24.3 Å². The maximum Gasteiger partial charge on any atom is 0.335 e. The lowest BCUT2D eigenvalue weighted by Gasteiger charge is -2.06. The van der Waals surface area contributed by atoms with E-state index in [-0.39, 0.29) is 22.0 Å². The fourth-order valence-corrected chi connectivity index (χ4v) is 3.29. The van der Waals surface area contributed by atoms with Gasteiger partial charge in [0.15, 0.2) is 15.6 Å². The number of sulfone groups is 1. The number of ketones is 1. The molecule has 0 fully saturated rings. The molecule has 0 aromatic heterocycles. The minimum atomic E-state index is -3.55. The molecule has 6 heteroatoms. The predicted octanol–water partition coefficient (Wildman–Crippen LogP) is 2.56. The third-order valence-electron chi connectivity index (χ3n) is 3.18. The molecule has 0 radical (unpaired) electrons. The quantitative estimate of drug-likeness (QED) is 0.856. The van der Waals surface area contributed by atoms with Crippen LogP contribution in [0.1, 0.15) is 33.2 Å². The monoisotopic (exact) mass is 318 g/mol. The lowest BCUT2D eigenvalue weighted by molar-refractivity contribution is 0.0696. The Bertz CT molecular complexity index is 803. The first-order valence-corrected chi connectivity index (χ1v) is 8.11. The highest BCUT2D eigenvalue weighted by Gasteiger charge is 2.16. The van der Waals surface area contributed by atoms with E-state index >= 15 is 0 Å². The average Bonchev–Trinajstić information content (AvgIpc) is 2.47. The summed E-state index contributed by atoms with van der Waals surface area (Å²) < 4.78 is 24.6. The van der Waals surface area contributed by atoms with Crippen LogP contribution >= 0.6 is 0 Å². The molecule has 2 rings (SSSR count). The molecule has 5 nitrogen and oxygen atoms in total. The van der Waals surface area contributed by atoms with Gasteiger partial charge in [-0.25, -0.2) is 13.2 Å². The zero-order valence-corrected chi connectivity index (χ0v) is 12.6. The van der Waals surface area contributed by atoms with Crippen molar-refractivity contribution in [2.75, 3.05) is 0 Å². The summed E-state index contributed by atoms with van der Waals surface area (Å²) in [6.07, 6.45) is 0. The summed E-state index contributed by atoms with van der Waals surface area (Å²) in [5.41, 5.74) is 1.05. The topological polar surface area (TPSA) is 88.5 Å². The highest BCUT2D eigenvalue weighted by atomic mass is 32.2. The summed E-state index contributed by atoms with van der Waals surface area (Å²) in [6.45, 7) is 1.41. The van der Waals surface area contributed by atoms with E-state index in [2.05, 4.69) is 0 Å². The van der Waals surface area contributed by atoms with Crippen molar-refractivity contribution in [3.8, 4) is 0 Å². The molecule has 0 atom stereocenters. The van der Waals surface area contributed by atoms with Crippen molar-refractivity contribution in [2.24, 2.45) is 0 Å². The minimum absolute atomic E-state index is 0.104. The Labute approximate surface area is 128 Å². The highest BCUT2D eigenvalue weighted by molar-refractivity contribution is 7.90. The highest BCUT2D eigenvalue weighted by Crippen LogP contribution is 2.18. The average molecular weight is 318 g/mol. The van der Waals surface area contributed by atoms with E-state index < -0.39 is 15.8 Å². The lowest BCUT2D eigenvalue weighted by Crippen LogP contribution is -2.06. The number of hydrogen-bond acceptors (Lipinski definition) is 4. The molecule has 2 aromatic rings. The van der Waals surface area contributed by atoms with Gasteiger partial charge >= 0.3 is 5.97 Å². The third kappa shape index (κ3) is 3.59. The van der Waals surface area contributed by atoms with E-state index in [0.717, 1.165) is 0 Å². The van der Waals surface area contributed by atoms with E-state index in [0.29, 0.717) is 11.1 Å². The van der Waals surface area contributed by atoms with Crippen LogP contribution in [0.2, 0.25) is 0 Å². The van der Waals surface area contributed by atoms with Crippen molar-refractivity contribution in [1.29, 1.82) is 0 Å². The van der Waals surface area contributed by atoms with Gasteiger partial charge in [-0.3, -0.25) is 4.79 Å². The molecule has 0 aliphatic heterocycles. The molecule has 0 unspecified atom stereocenters. The van der Waals surface area contributed by atoms with Crippen molar-refractivity contribution in [2.45, 2.75) is 17.6 Å². The third-order valence-corrected chi connectivity index (χ3v) is 4.88. The Kier molecular flexibility index (Phi) is 4.42.